The van der Waals surface area contributed by atoms with Gasteiger partial charge in [0.25, 0.3) is 0 Å². The summed E-state index contributed by atoms with van der Waals surface area (Å²) >= 11 is 0. The first-order valence-corrected chi connectivity index (χ1v) is 12.1. The van der Waals surface area contributed by atoms with E-state index in [-0.39, 0.29) is 5.92 Å². The van der Waals surface area contributed by atoms with Crippen molar-refractivity contribution in [2.75, 3.05) is 31.1 Å². The molecule has 0 spiro atoms. The Bertz CT molecular complexity index is 713. The molecular weight excluding hydrogens is 358 g/mol. The lowest BCUT2D eigenvalue weighted by Gasteiger charge is -2.42. The van der Waals surface area contributed by atoms with Crippen LogP contribution in [-0.2, 0) is 4.79 Å². The number of rotatable bonds is 4. The number of benzene rings is 1. The van der Waals surface area contributed by atoms with E-state index >= 15 is 0 Å². The molecule has 3 fully saturated rings. The van der Waals surface area contributed by atoms with Gasteiger partial charge in [0.05, 0.1) is 5.92 Å². The lowest BCUT2D eigenvalue weighted by molar-refractivity contribution is -0.120. The molecule has 5 rings (SSSR count). The Labute approximate surface area is 176 Å². The molecule has 2 atom stereocenters. The highest BCUT2D eigenvalue weighted by atomic mass is 16.2. The van der Waals surface area contributed by atoms with Crippen LogP contribution >= 0.6 is 0 Å². The highest BCUT2D eigenvalue weighted by Crippen LogP contribution is 2.43. The molecule has 1 saturated carbocycles. The third kappa shape index (κ3) is 3.86. The minimum absolute atomic E-state index is 0.0777. The third-order valence-electron chi connectivity index (χ3n) is 8.20. The standard InChI is InChI=1S/C25H37N3O/c1-18-6-8-20(9-7-18)27-14-11-21(12-15-27)28-24-5-3-2-4-22(24)23(25(28)29)16-19-10-13-26-17-19/h2-5,18-21,23,26H,6-17H2,1H3. The van der Waals surface area contributed by atoms with Crippen molar-refractivity contribution < 1.29 is 4.79 Å². The van der Waals surface area contributed by atoms with Crippen LogP contribution in [0, 0.1) is 11.8 Å². The van der Waals surface area contributed by atoms with Crippen LogP contribution in [0.2, 0.25) is 0 Å². The summed E-state index contributed by atoms with van der Waals surface area (Å²) in [5.74, 6) is 2.01. The quantitative estimate of drug-likeness (QED) is 0.831. The smallest absolute Gasteiger partial charge is 0.234 e. The van der Waals surface area contributed by atoms with Crippen molar-refractivity contribution in [2.24, 2.45) is 11.8 Å². The molecule has 2 unspecified atom stereocenters. The normalized spacial score (nSPS) is 34.0. The Morgan fingerprint density at radius 3 is 2.45 bits per heavy atom. The van der Waals surface area contributed by atoms with E-state index in [0.717, 1.165) is 57.4 Å². The molecule has 1 amide bonds. The Balaban J connectivity index is 1.27. The van der Waals surface area contributed by atoms with Crippen molar-refractivity contribution in [1.29, 1.82) is 0 Å². The molecule has 0 radical (unpaired) electrons. The summed E-state index contributed by atoms with van der Waals surface area (Å²) in [6.07, 6.45) is 10.0. The average Bonchev–Trinajstić information content (AvgIpc) is 3.36. The molecule has 1 aliphatic carbocycles. The van der Waals surface area contributed by atoms with E-state index in [1.165, 1.54) is 43.4 Å². The molecule has 4 aliphatic rings. The number of hydrogen-bond donors (Lipinski definition) is 1. The topological polar surface area (TPSA) is 35.6 Å². The van der Waals surface area contributed by atoms with Crippen LogP contribution in [0.15, 0.2) is 24.3 Å². The molecule has 29 heavy (non-hydrogen) atoms. The number of nitrogens with one attached hydrogen (secondary N) is 1. The largest absolute Gasteiger partial charge is 0.316 e. The maximum Gasteiger partial charge on any atom is 0.234 e. The molecule has 0 aromatic heterocycles. The molecule has 3 heterocycles. The molecule has 2 saturated heterocycles. The zero-order valence-electron chi connectivity index (χ0n) is 18.0. The number of amides is 1. The summed E-state index contributed by atoms with van der Waals surface area (Å²) in [5.41, 5.74) is 2.49. The Morgan fingerprint density at radius 2 is 1.72 bits per heavy atom. The summed E-state index contributed by atoms with van der Waals surface area (Å²) in [6.45, 7) is 6.90. The molecule has 4 heteroatoms. The number of para-hydroxylation sites is 1. The van der Waals surface area contributed by atoms with E-state index in [1.807, 2.05) is 0 Å². The highest BCUT2D eigenvalue weighted by molar-refractivity contribution is 6.05. The van der Waals surface area contributed by atoms with Crippen LogP contribution < -0.4 is 10.2 Å². The van der Waals surface area contributed by atoms with Gasteiger partial charge in [-0.15, -0.1) is 0 Å². The Morgan fingerprint density at radius 1 is 0.966 bits per heavy atom. The van der Waals surface area contributed by atoms with Crippen LogP contribution in [0.3, 0.4) is 0 Å². The highest BCUT2D eigenvalue weighted by Gasteiger charge is 2.42. The number of piperidine rings is 1. The SMILES string of the molecule is CC1CCC(N2CCC(N3C(=O)C(CC4CCNC4)c4ccccc43)CC2)CC1. The van der Waals surface area contributed by atoms with E-state index < -0.39 is 0 Å². The van der Waals surface area contributed by atoms with Crippen molar-refractivity contribution in [2.45, 2.75) is 76.3 Å². The zero-order chi connectivity index (χ0) is 19.8. The minimum atomic E-state index is 0.0777. The predicted molar refractivity (Wildman–Crippen MR) is 118 cm³/mol. The van der Waals surface area contributed by atoms with E-state index in [2.05, 4.69) is 46.3 Å². The second-order valence-electron chi connectivity index (χ2n) is 10.1. The van der Waals surface area contributed by atoms with Crippen molar-refractivity contribution in [3.05, 3.63) is 29.8 Å². The van der Waals surface area contributed by atoms with Gasteiger partial charge < -0.3 is 15.1 Å². The number of carbonyl (C=O) groups excluding carboxylic acids is 1. The molecule has 4 nitrogen and oxygen atoms in total. The predicted octanol–water partition coefficient (Wildman–Crippen LogP) is 4.16. The molecule has 158 valence electrons. The van der Waals surface area contributed by atoms with E-state index in [4.69, 9.17) is 0 Å². The summed E-state index contributed by atoms with van der Waals surface area (Å²) in [7, 11) is 0. The number of likely N-dealkylation sites (tertiary alicyclic amines) is 1. The van der Waals surface area contributed by atoms with Gasteiger partial charge in [-0.3, -0.25) is 4.79 Å². The van der Waals surface area contributed by atoms with Crippen LogP contribution in [0.5, 0.6) is 0 Å². The van der Waals surface area contributed by atoms with Crippen molar-refractivity contribution in [3.63, 3.8) is 0 Å². The van der Waals surface area contributed by atoms with E-state index in [0.29, 0.717) is 17.9 Å². The fraction of sp³-hybridized carbons (Fsp3) is 0.720. The number of hydrogen-bond acceptors (Lipinski definition) is 3. The van der Waals surface area contributed by atoms with Gasteiger partial charge >= 0.3 is 0 Å². The van der Waals surface area contributed by atoms with Gasteiger partial charge in [0.1, 0.15) is 0 Å². The van der Waals surface area contributed by atoms with Crippen molar-refractivity contribution >= 4 is 11.6 Å². The number of carbonyl (C=O) groups is 1. The molecule has 1 N–H and O–H groups in total. The first kappa shape index (κ1) is 19.6. The first-order valence-electron chi connectivity index (χ1n) is 12.1. The maximum atomic E-state index is 13.6. The number of nitrogens with zero attached hydrogens (tertiary/aromatic N) is 2. The van der Waals surface area contributed by atoms with Crippen LogP contribution in [-0.4, -0.2) is 49.1 Å². The molecule has 3 aliphatic heterocycles. The van der Waals surface area contributed by atoms with Crippen molar-refractivity contribution in [3.8, 4) is 0 Å². The van der Waals surface area contributed by atoms with E-state index in [9.17, 15) is 4.79 Å². The average molecular weight is 396 g/mol. The monoisotopic (exact) mass is 395 g/mol. The summed E-state index contributed by atoms with van der Waals surface area (Å²) in [6, 6.07) is 9.79. The van der Waals surface area contributed by atoms with Gasteiger partial charge in [-0.25, -0.2) is 0 Å². The van der Waals surface area contributed by atoms with Crippen LogP contribution in [0.4, 0.5) is 5.69 Å². The van der Waals surface area contributed by atoms with Gasteiger partial charge in [-0.2, -0.15) is 0 Å². The fourth-order valence-corrected chi connectivity index (χ4v) is 6.39. The summed E-state index contributed by atoms with van der Waals surface area (Å²) in [4.78, 5) is 18.5. The van der Waals surface area contributed by atoms with Gasteiger partial charge in [0.15, 0.2) is 0 Å². The second kappa shape index (κ2) is 8.39. The van der Waals surface area contributed by atoms with E-state index in [1.54, 1.807) is 0 Å². The van der Waals surface area contributed by atoms with Gasteiger partial charge in [0.2, 0.25) is 5.91 Å². The minimum Gasteiger partial charge on any atom is -0.316 e. The zero-order valence-corrected chi connectivity index (χ0v) is 18.0. The Hall–Kier alpha value is -1.39. The molecular formula is C25H37N3O. The molecule has 0 bridgehead atoms. The lowest BCUT2D eigenvalue weighted by atomic mass is 9.85. The van der Waals surface area contributed by atoms with Gasteiger partial charge in [0, 0.05) is 30.9 Å². The summed E-state index contributed by atoms with van der Waals surface area (Å²) < 4.78 is 0. The first-order chi connectivity index (χ1) is 14.2. The Kier molecular flexibility index (Phi) is 5.66. The van der Waals surface area contributed by atoms with Gasteiger partial charge in [-0.1, -0.05) is 25.1 Å². The van der Waals surface area contributed by atoms with Gasteiger partial charge in [-0.05, 0) is 87.9 Å². The number of anilines is 1. The second-order valence-corrected chi connectivity index (χ2v) is 10.1. The van der Waals surface area contributed by atoms with Crippen LogP contribution in [0.1, 0.15) is 69.8 Å². The van der Waals surface area contributed by atoms with Crippen LogP contribution in [0.25, 0.3) is 0 Å². The lowest BCUT2D eigenvalue weighted by Crippen LogP contribution is -2.50. The number of fused-ring (bicyclic) bond motifs is 1. The molecule has 1 aromatic carbocycles. The maximum absolute atomic E-state index is 13.6. The summed E-state index contributed by atoms with van der Waals surface area (Å²) in [5, 5.41) is 3.47. The molecule has 1 aromatic rings. The van der Waals surface area contributed by atoms with Crippen molar-refractivity contribution in [1.82, 2.24) is 10.2 Å². The third-order valence-corrected chi connectivity index (χ3v) is 8.20. The fourth-order valence-electron chi connectivity index (χ4n) is 6.39.